The maximum absolute atomic E-state index is 3.20. The normalized spacial score (nSPS) is 14.4. The minimum Gasteiger partial charge on any atom is -0.374 e. The van der Waals surface area contributed by atoms with E-state index < -0.39 is 0 Å². The number of hydrogen-bond acceptors (Lipinski definition) is 2. The lowest BCUT2D eigenvalue weighted by molar-refractivity contribution is 0.724. The third-order valence-electron chi connectivity index (χ3n) is 3.17. The minimum absolute atomic E-state index is 1.10. The Labute approximate surface area is 92.3 Å². The first kappa shape index (κ1) is 10.5. The van der Waals surface area contributed by atoms with Gasteiger partial charge in [0, 0.05) is 19.3 Å². The Morgan fingerprint density at radius 2 is 2.27 bits per heavy atom. The van der Waals surface area contributed by atoms with Gasteiger partial charge in [0.25, 0.3) is 0 Å². The standard InChI is InChI=1S/C13H20N2/c1-14-9-4-7-11-5-3-6-12-8-10-15(2)13(11)12/h3,5-6,14H,4,7-10H2,1-2H3. The van der Waals surface area contributed by atoms with E-state index in [1.54, 1.807) is 0 Å². The molecule has 1 N–H and O–H groups in total. The van der Waals surface area contributed by atoms with E-state index >= 15 is 0 Å². The molecule has 1 heterocycles. The number of likely N-dealkylation sites (N-methyl/N-ethyl adjacent to an activating group) is 1. The molecule has 1 aromatic carbocycles. The number of nitrogens with zero attached hydrogens (tertiary/aromatic N) is 1. The van der Waals surface area contributed by atoms with Crippen LogP contribution >= 0.6 is 0 Å². The summed E-state index contributed by atoms with van der Waals surface area (Å²) in [6.45, 7) is 2.28. The summed E-state index contributed by atoms with van der Waals surface area (Å²) in [5, 5.41) is 3.20. The molecule has 2 heteroatoms. The number of para-hydroxylation sites is 1. The highest BCUT2D eigenvalue weighted by atomic mass is 15.1. The van der Waals surface area contributed by atoms with Crippen LogP contribution < -0.4 is 10.2 Å². The fourth-order valence-electron chi connectivity index (χ4n) is 2.39. The van der Waals surface area contributed by atoms with E-state index in [1.165, 1.54) is 42.6 Å². The number of benzene rings is 1. The summed E-state index contributed by atoms with van der Waals surface area (Å²) in [6, 6.07) is 6.74. The van der Waals surface area contributed by atoms with Crippen molar-refractivity contribution in [3.63, 3.8) is 0 Å². The van der Waals surface area contributed by atoms with Crippen LogP contribution in [0.5, 0.6) is 0 Å². The lowest BCUT2D eigenvalue weighted by atomic mass is 10.0. The topological polar surface area (TPSA) is 15.3 Å². The summed E-state index contributed by atoms with van der Waals surface area (Å²) in [4.78, 5) is 2.39. The zero-order chi connectivity index (χ0) is 10.7. The first-order valence-electron chi connectivity index (χ1n) is 5.79. The van der Waals surface area contributed by atoms with Crippen LogP contribution in [0.4, 0.5) is 5.69 Å². The molecule has 0 aromatic heterocycles. The molecular formula is C13H20N2. The zero-order valence-corrected chi connectivity index (χ0v) is 9.71. The second kappa shape index (κ2) is 4.67. The molecular weight excluding hydrogens is 184 g/mol. The van der Waals surface area contributed by atoms with Crippen LogP contribution in [-0.2, 0) is 12.8 Å². The Kier molecular flexibility index (Phi) is 3.27. The summed E-state index contributed by atoms with van der Waals surface area (Å²) in [6.07, 6.45) is 3.63. The number of rotatable bonds is 4. The van der Waals surface area contributed by atoms with Gasteiger partial charge in [0.15, 0.2) is 0 Å². The van der Waals surface area contributed by atoms with E-state index in [1.807, 2.05) is 7.05 Å². The van der Waals surface area contributed by atoms with Crippen LogP contribution in [0.2, 0.25) is 0 Å². The van der Waals surface area contributed by atoms with Gasteiger partial charge in [-0.3, -0.25) is 0 Å². The van der Waals surface area contributed by atoms with Crippen molar-refractivity contribution in [1.29, 1.82) is 0 Å². The second-order valence-corrected chi connectivity index (χ2v) is 4.30. The third kappa shape index (κ3) is 2.15. The molecule has 0 saturated carbocycles. The Bertz CT molecular complexity index is 333. The van der Waals surface area contributed by atoms with Gasteiger partial charge in [-0.1, -0.05) is 18.2 Å². The molecule has 0 bridgehead atoms. The van der Waals surface area contributed by atoms with E-state index in [-0.39, 0.29) is 0 Å². The highest BCUT2D eigenvalue weighted by molar-refractivity contribution is 5.62. The minimum atomic E-state index is 1.10. The Morgan fingerprint density at radius 1 is 1.40 bits per heavy atom. The second-order valence-electron chi connectivity index (χ2n) is 4.30. The van der Waals surface area contributed by atoms with E-state index in [0.29, 0.717) is 0 Å². The summed E-state index contributed by atoms with van der Waals surface area (Å²) in [7, 11) is 4.22. The summed E-state index contributed by atoms with van der Waals surface area (Å²) in [5.41, 5.74) is 4.54. The molecule has 1 aliphatic rings. The summed E-state index contributed by atoms with van der Waals surface area (Å²) < 4.78 is 0. The molecule has 0 aliphatic carbocycles. The number of hydrogen-bond donors (Lipinski definition) is 1. The molecule has 0 atom stereocenters. The van der Waals surface area contributed by atoms with E-state index in [9.17, 15) is 0 Å². The number of aryl methyl sites for hydroxylation is 1. The highest BCUT2D eigenvalue weighted by Gasteiger charge is 2.18. The van der Waals surface area contributed by atoms with E-state index in [2.05, 4.69) is 35.5 Å². The SMILES string of the molecule is CNCCCc1cccc2c1N(C)CC2. The summed E-state index contributed by atoms with van der Waals surface area (Å²) >= 11 is 0. The lowest BCUT2D eigenvalue weighted by Crippen LogP contribution is -2.15. The lowest BCUT2D eigenvalue weighted by Gasteiger charge is -2.16. The molecule has 1 aliphatic heterocycles. The van der Waals surface area contributed by atoms with Crippen molar-refractivity contribution in [2.45, 2.75) is 19.3 Å². The van der Waals surface area contributed by atoms with Gasteiger partial charge in [-0.2, -0.15) is 0 Å². The van der Waals surface area contributed by atoms with Crippen LogP contribution in [0.3, 0.4) is 0 Å². The van der Waals surface area contributed by atoms with Crippen LogP contribution in [0.15, 0.2) is 18.2 Å². The van der Waals surface area contributed by atoms with Crippen molar-refractivity contribution < 1.29 is 0 Å². The predicted octanol–water partition coefficient (Wildman–Crippen LogP) is 1.83. The monoisotopic (exact) mass is 204 g/mol. The highest BCUT2D eigenvalue weighted by Crippen LogP contribution is 2.31. The van der Waals surface area contributed by atoms with E-state index in [4.69, 9.17) is 0 Å². The molecule has 0 saturated heterocycles. The predicted molar refractivity (Wildman–Crippen MR) is 65.7 cm³/mol. The maximum Gasteiger partial charge on any atom is 0.0429 e. The van der Waals surface area contributed by atoms with Gasteiger partial charge in [-0.05, 0) is 44.0 Å². The molecule has 1 aromatic rings. The van der Waals surface area contributed by atoms with Crippen LogP contribution in [0.25, 0.3) is 0 Å². The van der Waals surface area contributed by atoms with Gasteiger partial charge in [-0.15, -0.1) is 0 Å². The van der Waals surface area contributed by atoms with Gasteiger partial charge < -0.3 is 10.2 Å². The first-order chi connectivity index (χ1) is 7.33. The molecule has 0 radical (unpaired) electrons. The van der Waals surface area contributed by atoms with Crippen molar-refractivity contribution in [3.8, 4) is 0 Å². The molecule has 0 amide bonds. The molecule has 0 unspecified atom stereocenters. The Morgan fingerprint density at radius 3 is 3.07 bits per heavy atom. The zero-order valence-electron chi connectivity index (χ0n) is 9.71. The number of nitrogens with one attached hydrogen (secondary N) is 1. The molecule has 82 valence electrons. The molecule has 15 heavy (non-hydrogen) atoms. The van der Waals surface area contributed by atoms with Crippen molar-refractivity contribution in [2.75, 3.05) is 32.1 Å². The molecule has 0 spiro atoms. The molecule has 2 rings (SSSR count). The van der Waals surface area contributed by atoms with Crippen molar-refractivity contribution >= 4 is 5.69 Å². The molecule has 2 nitrogen and oxygen atoms in total. The van der Waals surface area contributed by atoms with Crippen LogP contribution in [0.1, 0.15) is 17.5 Å². The first-order valence-corrected chi connectivity index (χ1v) is 5.79. The fraction of sp³-hybridized carbons (Fsp3) is 0.538. The van der Waals surface area contributed by atoms with Gasteiger partial charge in [0.05, 0.1) is 0 Å². The largest absolute Gasteiger partial charge is 0.374 e. The van der Waals surface area contributed by atoms with Crippen molar-refractivity contribution in [1.82, 2.24) is 5.32 Å². The van der Waals surface area contributed by atoms with Gasteiger partial charge in [0.1, 0.15) is 0 Å². The van der Waals surface area contributed by atoms with Crippen LogP contribution in [0, 0.1) is 0 Å². The Hall–Kier alpha value is -1.02. The van der Waals surface area contributed by atoms with E-state index in [0.717, 1.165) is 6.54 Å². The quantitative estimate of drug-likeness (QED) is 0.753. The van der Waals surface area contributed by atoms with Gasteiger partial charge in [-0.25, -0.2) is 0 Å². The van der Waals surface area contributed by atoms with Gasteiger partial charge in [0.2, 0.25) is 0 Å². The van der Waals surface area contributed by atoms with Crippen LogP contribution in [-0.4, -0.2) is 27.2 Å². The van der Waals surface area contributed by atoms with Gasteiger partial charge >= 0.3 is 0 Å². The average Bonchev–Trinajstić information content (AvgIpc) is 2.62. The number of fused-ring (bicyclic) bond motifs is 1. The third-order valence-corrected chi connectivity index (χ3v) is 3.17. The maximum atomic E-state index is 3.20. The van der Waals surface area contributed by atoms with Crippen molar-refractivity contribution in [2.24, 2.45) is 0 Å². The fourth-order valence-corrected chi connectivity index (χ4v) is 2.39. The van der Waals surface area contributed by atoms with Crippen molar-refractivity contribution in [3.05, 3.63) is 29.3 Å². The Balaban J connectivity index is 2.14. The molecule has 0 fully saturated rings. The average molecular weight is 204 g/mol. The number of anilines is 1. The smallest absolute Gasteiger partial charge is 0.0429 e. The summed E-state index contributed by atoms with van der Waals surface area (Å²) in [5.74, 6) is 0.